The highest BCUT2D eigenvalue weighted by Crippen LogP contribution is 2.24. The largest absolute Gasteiger partial charge is 0.123 e. The third-order valence-electron chi connectivity index (χ3n) is 1.31. The molecule has 0 radical (unpaired) electrons. The van der Waals surface area contributed by atoms with Crippen LogP contribution in [-0.4, -0.2) is 10.3 Å². The molecule has 0 aliphatic carbocycles. The maximum absolute atomic E-state index is 5.98. The van der Waals surface area contributed by atoms with Crippen LogP contribution in [0.5, 0.6) is 0 Å². The number of hydrogen-bond acceptors (Lipinski definition) is 0. The molecule has 0 rings (SSSR count). The molecule has 0 fully saturated rings. The van der Waals surface area contributed by atoms with Crippen molar-refractivity contribution in [1.82, 2.24) is 0 Å². The minimum atomic E-state index is -0.137. The first-order valence-electron chi connectivity index (χ1n) is 3.78. The number of alkyl halides is 2. The second-order valence-corrected chi connectivity index (χ2v) is 4.95. The van der Waals surface area contributed by atoms with E-state index in [0.717, 1.165) is 19.3 Å². The van der Waals surface area contributed by atoms with Crippen LogP contribution in [0.1, 0.15) is 40.0 Å². The van der Waals surface area contributed by atoms with Crippen LogP contribution in [0.2, 0.25) is 0 Å². The lowest BCUT2D eigenvalue weighted by Gasteiger charge is -2.18. The van der Waals surface area contributed by atoms with E-state index in [-0.39, 0.29) is 10.3 Å². The molecule has 0 aromatic carbocycles. The van der Waals surface area contributed by atoms with Gasteiger partial charge in [-0.15, -0.1) is 23.2 Å². The topological polar surface area (TPSA) is 0 Å². The zero-order valence-corrected chi connectivity index (χ0v) is 8.47. The second kappa shape index (κ2) is 4.46. The Balaban J connectivity index is 3.47. The summed E-state index contributed by atoms with van der Waals surface area (Å²) < 4.78 is 0. The Hall–Kier alpha value is 0.580. The maximum atomic E-state index is 5.98. The van der Waals surface area contributed by atoms with Gasteiger partial charge in [0.1, 0.15) is 0 Å². The second-order valence-electron chi connectivity index (χ2n) is 3.31. The first-order valence-corrected chi connectivity index (χ1v) is 4.60. The first kappa shape index (κ1) is 10.6. The summed E-state index contributed by atoms with van der Waals surface area (Å²) in [5.41, 5.74) is 0. The van der Waals surface area contributed by atoms with Crippen LogP contribution in [-0.2, 0) is 0 Å². The van der Waals surface area contributed by atoms with Gasteiger partial charge in [0.2, 0.25) is 0 Å². The summed E-state index contributed by atoms with van der Waals surface area (Å²) >= 11 is 12.0. The molecule has 0 aromatic rings. The van der Waals surface area contributed by atoms with Gasteiger partial charge in [-0.25, -0.2) is 0 Å². The Kier molecular flexibility index (Phi) is 4.71. The van der Waals surface area contributed by atoms with Gasteiger partial charge < -0.3 is 0 Å². The smallest absolute Gasteiger partial charge is 0.0404 e. The molecule has 0 bridgehead atoms. The third kappa shape index (κ3) is 6.70. The Bertz CT molecular complexity index is 83.7. The van der Waals surface area contributed by atoms with Crippen LogP contribution in [0.15, 0.2) is 0 Å². The molecule has 0 aliphatic heterocycles. The SMILES string of the molecule is CCCC(Cl)CC(C)(C)Cl. The molecular formula is C8H16Cl2. The fraction of sp³-hybridized carbons (Fsp3) is 1.00. The number of rotatable bonds is 4. The van der Waals surface area contributed by atoms with Gasteiger partial charge >= 0.3 is 0 Å². The van der Waals surface area contributed by atoms with E-state index in [9.17, 15) is 0 Å². The Labute approximate surface area is 73.9 Å². The van der Waals surface area contributed by atoms with E-state index in [1.165, 1.54) is 0 Å². The van der Waals surface area contributed by atoms with Crippen LogP contribution in [0, 0.1) is 0 Å². The van der Waals surface area contributed by atoms with Crippen molar-refractivity contribution in [2.75, 3.05) is 0 Å². The van der Waals surface area contributed by atoms with E-state index >= 15 is 0 Å². The average Bonchev–Trinajstić information content (AvgIpc) is 1.59. The highest BCUT2D eigenvalue weighted by Gasteiger charge is 2.17. The van der Waals surface area contributed by atoms with Crippen molar-refractivity contribution in [1.29, 1.82) is 0 Å². The Morgan fingerprint density at radius 2 is 1.90 bits per heavy atom. The molecule has 0 spiro atoms. The van der Waals surface area contributed by atoms with Gasteiger partial charge in [0.05, 0.1) is 0 Å². The fourth-order valence-corrected chi connectivity index (χ4v) is 1.81. The van der Waals surface area contributed by atoms with Crippen LogP contribution < -0.4 is 0 Å². The lowest BCUT2D eigenvalue weighted by molar-refractivity contribution is 0.572. The summed E-state index contributed by atoms with van der Waals surface area (Å²) in [6.07, 6.45) is 3.10. The summed E-state index contributed by atoms with van der Waals surface area (Å²) in [5, 5.41) is 0.248. The highest BCUT2D eigenvalue weighted by atomic mass is 35.5. The monoisotopic (exact) mass is 182 g/mol. The van der Waals surface area contributed by atoms with E-state index in [1.54, 1.807) is 0 Å². The van der Waals surface area contributed by atoms with Crippen molar-refractivity contribution >= 4 is 23.2 Å². The zero-order chi connectivity index (χ0) is 8.20. The van der Waals surface area contributed by atoms with Gasteiger partial charge in [0, 0.05) is 10.3 Å². The molecule has 0 N–H and O–H groups in total. The van der Waals surface area contributed by atoms with Crippen molar-refractivity contribution < 1.29 is 0 Å². The van der Waals surface area contributed by atoms with Gasteiger partial charge in [0.25, 0.3) is 0 Å². The zero-order valence-electron chi connectivity index (χ0n) is 6.95. The minimum absolute atomic E-state index is 0.137. The van der Waals surface area contributed by atoms with E-state index in [1.807, 2.05) is 13.8 Å². The first-order chi connectivity index (χ1) is 4.45. The highest BCUT2D eigenvalue weighted by molar-refractivity contribution is 6.25. The van der Waals surface area contributed by atoms with Crippen LogP contribution in [0.3, 0.4) is 0 Å². The molecule has 0 aromatic heterocycles. The van der Waals surface area contributed by atoms with E-state index in [0.29, 0.717) is 0 Å². The van der Waals surface area contributed by atoms with E-state index in [4.69, 9.17) is 23.2 Å². The van der Waals surface area contributed by atoms with Crippen molar-refractivity contribution in [3.8, 4) is 0 Å². The van der Waals surface area contributed by atoms with Gasteiger partial charge in [0.15, 0.2) is 0 Å². The van der Waals surface area contributed by atoms with Crippen LogP contribution in [0.4, 0.5) is 0 Å². The summed E-state index contributed by atoms with van der Waals surface area (Å²) in [6.45, 7) is 6.13. The van der Waals surface area contributed by atoms with Crippen molar-refractivity contribution in [3.63, 3.8) is 0 Å². The molecule has 0 nitrogen and oxygen atoms in total. The van der Waals surface area contributed by atoms with Crippen molar-refractivity contribution in [2.24, 2.45) is 0 Å². The van der Waals surface area contributed by atoms with Crippen molar-refractivity contribution in [2.45, 2.75) is 50.3 Å². The van der Waals surface area contributed by atoms with Gasteiger partial charge in [-0.1, -0.05) is 13.3 Å². The molecule has 0 saturated carbocycles. The molecule has 0 aliphatic rings. The average molecular weight is 183 g/mol. The molecule has 0 heterocycles. The van der Waals surface area contributed by atoms with Crippen LogP contribution in [0.25, 0.3) is 0 Å². The molecule has 10 heavy (non-hydrogen) atoms. The predicted molar refractivity (Wildman–Crippen MR) is 49.1 cm³/mol. The Morgan fingerprint density at radius 3 is 2.20 bits per heavy atom. The normalized spacial score (nSPS) is 15.3. The lowest BCUT2D eigenvalue weighted by Crippen LogP contribution is -2.16. The lowest BCUT2D eigenvalue weighted by atomic mass is 10.0. The van der Waals surface area contributed by atoms with Crippen LogP contribution >= 0.6 is 23.2 Å². The molecule has 0 saturated heterocycles. The molecule has 2 heteroatoms. The van der Waals surface area contributed by atoms with E-state index < -0.39 is 0 Å². The molecule has 1 atom stereocenters. The third-order valence-corrected chi connectivity index (χ3v) is 1.84. The van der Waals surface area contributed by atoms with Gasteiger partial charge in [-0.05, 0) is 26.7 Å². The predicted octanol–water partition coefficient (Wildman–Crippen LogP) is 3.80. The number of hydrogen-bond donors (Lipinski definition) is 0. The number of halogens is 2. The Morgan fingerprint density at radius 1 is 1.40 bits per heavy atom. The summed E-state index contributed by atoms with van der Waals surface area (Å²) in [6, 6.07) is 0. The summed E-state index contributed by atoms with van der Waals surface area (Å²) in [5.74, 6) is 0. The summed E-state index contributed by atoms with van der Waals surface area (Å²) in [4.78, 5) is -0.137. The molecule has 0 amide bonds. The molecular weight excluding hydrogens is 167 g/mol. The fourth-order valence-electron chi connectivity index (χ4n) is 0.942. The molecule has 62 valence electrons. The van der Waals surface area contributed by atoms with E-state index in [2.05, 4.69) is 6.92 Å². The minimum Gasteiger partial charge on any atom is -0.123 e. The maximum Gasteiger partial charge on any atom is 0.0404 e. The van der Waals surface area contributed by atoms with Crippen molar-refractivity contribution in [3.05, 3.63) is 0 Å². The van der Waals surface area contributed by atoms with Gasteiger partial charge in [-0.3, -0.25) is 0 Å². The standard InChI is InChI=1S/C8H16Cl2/c1-4-5-7(9)6-8(2,3)10/h7H,4-6H2,1-3H3. The summed E-state index contributed by atoms with van der Waals surface area (Å²) in [7, 11) is 0. The molecule has 1 unspecified atom stereocenters. The quantitative estimate of drug-likeness (QED) is 0.581. The van der Waals surface area contributed by atoms with Gasteiger partial charge in [-0.2, -0.15) is 0 Å².